The zero-order valence-corrected chi connectivity index (χ0v) is 27.0. The molecule has 4 aromatic carbocycles. The van der Waals surface area contributed by atoms with Crippen molar-refractivity contribution < 1.29 is 38.5 Å². The summed E-state index contributed by atoms with van der Waals surface area (Å²) in [6, 6.07) is 22.7. The summed E-state index contributed by atoms with van der Waals surface area (Å²) >= 11 is 7.11. The van der Waals surface area contributed by atoms with Gasteiger partial charge in [0.25, 0.3) is 11.8 Å². The molecule has 0 unspecified atom stereocenters. The highest BCUT2D eigenvalue weighted by molar-refractivity contribution is 8.00. The summed E-state index contributed by atoms with van der Waals surface area (Å²) < 4.78 is 16.2. The highest BCUT2D eigenvalue weighted by atomic mass is 35.5. The maximum Gasteiger partial charge on any atom is 0.337 e. The summed E-state index contributed by atoms with van der Waals surface area (Å²) in [5.41, 5.74) is 1.36. The lowest BCUT2D eigenvalue weighted by Crippen LogP contribution is -2.30. The minimum atomic E-state index is -1.21. The zero-order chi connectivity index (χ0) is 33.9. The summed E-state index contributed by atoms with van der Waals surface area (Å²) in [6.45, 7) is 0. The van der Waals surface area contributed by atoms with Crippen molar-refractivity contribution in [3.05, 3.63) is 112 Å². The number of nitrogens with one attached hydrogen (secondary N) is 3. The first-order valence-electron chi connectivity index (χ1n) is 13.9. The Balaban J connectivity index is 1.52. The van der Waals surface area contributed by atoms with Gasteiger partial charge in [0.05, 0.1) is 37.7 Å². The van der Waals surface area contributed by atoms with Crippen molar-refractivity contribution >= 4 is 64.5 Å². The lowest BCUT2D eigenvalue weighted by molar-refractivity contribution is -0.114. The van der Waals surface area contributed by atoms with E-state index in [9.17, 15) is 24.3 Å². The average Bonchev–Trinajstić information content (AvgIpc) is 3.07. The average molecular weight is 676 g/mol. The van der Waals surface area contributed by atoms with Gasteiger partial charge in [0.1, 0.15) is 5.70 Å². The van der Waals surface area contributed by atoms with Crippen LogP contribution in [0.5, 0.6) is 17.2 Å². The number of carboxylic acids is 1. The van der Waals surface area contributed by atoms with Crippen LogP contribution >= 0.6 is 23.4 Å². The maximum atomic E-state index is 13.6. The molecule has 4 aromatic rings. The van der Waals surface area contributed by atoms with E-state index in [1.165, 1.54) is 57.4 Å². The summed E-state index contributed by atoms with van der Waals surface area (Å²) in [4.78, 5) is 51.2. The fraction of sp³-hybridized carbons (Fsp3) is 0.118. The van der Waals surface area contributed by atoms with E-state index in [1.54, 1.807) is 66.7 Å². The first-order valence-corrected chi connectivity index (χ1v) is 15.2. The van der Waals surface area contributed by atoms with Gasteiger partial charge in [-0.3, -0.25) is 14.4 Å². The Morgan fingerprint density at radius 3 is 2.13 bits per heavy atom. The van der Waals surface area contributed by atoms with E-state index >= 15 is 0 Å². The molecule has 0 radical (unpaired) electrons. The van der Waals surface area contributed by atoms with Gasteiger partial charge in [-0.2, -0.15) is 0 Å². The third-order valence-electron chi connectivity index (χ3n) is 6.47. The van der Waals surface area contributed by atoms with Gasteiger partial charge in [0, 0.05) is 21.8 Å². The highest BCUT2D eigenvalue weighted by Gasteiger charge is 2.18. The molecular weight excluding hydrogens is 646 g/mol. The number of carbonyl (C=O) groups is 4. The quantitative estimate of drug-likeness (QED) is 0.0958. The third kappa shape index (κ3) is 9.28. The molecule has 13 heteroatoms. The van der Waals surface area contributed by atoms with Crippen molar-refractivity contribution in [1.82, 2.24) is 5.32 Å². The minimum Gasteiger partial charge on any atom is -0.493 e. The van der Waals surface area contributed by atoms with Crippen molar-refractivity contribution in [3.8, 4) is 17.2 Å². The molecule has 4 N–H and O–H groups in total. The molecule has 4 rings (SSSR count). The van der Waals surface area contributed by atoms with E-state index in [2.05, 4.69) is 16.0 Å². The smallest absolute Gasteiger partial charge is 0.337 e. The molecule has 0 aliphatic carbocycles. The van der Waals surface area contributed by atoms with Gasteiger partial charge in [-0.15, -0.1) is 11.8 Å². The zero-order valence-electron chi connectivity index (χ0n) is 25.5. The lowest BCUT2D eigenvalue weighted by Gasteiger charge is -2.15. The Labute approximate surface area is 279 Å². The molecule has 3 amide bonds. The number of carbonyl (C=O) groups excluding carboxylic acids is 3. The summed E-state index contributed by atoms with van der Waals surface area (Å²) in [7, 11) is 4.42. The van der Waals surface area contributed by atoms with Crippen LogP contribution in [0, 0.1) is 0 Å². The number of benzene rings is 4. The van der Waals surface area contributed by atoms with Crippen LogP contribution in [0.15, 0.2) is 95.5 Å². The number of anilines is 2. The summed E-state index contributed by atoms with van der Waals surface area (Å²) in [5.74, 6) is -1.60. The number of hydrogen-bond donors (Lipinski definition) is 4. The SMILES string of the molecule is COc1cc(/C=C(/NC(=O)c2ccccc2)C(=O)Nc2cccc(SCC(=O)Nc3ccc(Cl)c(C(=O)O)c3)c2)cc(OC)c1OC. The number of amides is 3. The molecule has 0 bridgehead atoms. The fourth-order valence-corrected chi connectivity index (χ4v) is 5.22. The standard InChI is InChI=1S/C34H30ClN3O8S/c1-44-28-15-20(16-29(45-2)31(28)46-3)14-27(38-32(40)21-8-5-4-6-9-21)33(41)37-22-10-7-11-24(17-22)47-19-30(39)36-23-12-13-26(35)25(18-23)34(42)43/h4-18H,19H2,1-3H3,(H,36,39)(H,37,41)(H,38,40)(H,42,43)/b27-14+. The third-order valence-corrected chi connectivity index (χ3v) is 7.79. The molecule has 0 aliphatic heterocycles. The molecule has 47 heavy (non-hydrogen) atoms. The first-order chi connectivity index (χ1) is 22.6. The van der Waals surface area contributed by atoms with Gasteiger partial charge in [-0.25, -0.2) is 4.79 Å². The Bertz CT molecular complexity index is 1810. The molecule has 0 saturated carbocycles. The van der Waals surface area contributed by atoms with Crippen molar-refractivity contribution in [2.75, 3.05) is 37.7 Å². The number of aromatic carboxylic acids is 1. The second kappa shape index (κ2) is 16.2. The van der Waals surface area contributed by atoms with Crippen LogP contribution < -0.4 is 30.2 Å². The van der Waals surface area contributed by atoms with Gasteiger partial charge in [0.2, 0.25) is 11.7 Å². The molecule has 0 atom stereocenters. The molecule has 242 valence electrons. The fourth-order valence-electron chi connectivity index (χ4n) is 4.27. The predicted octanol–water partition coefficient (Wildman–Crippen LogP) is 6.20. The predicted molar refractivity (Wildman–Crippen MR) is 181 cm³/mol. The highest BCUT2D eigenvalue weighted by Crippen LogP contribution is 2.38. The molecule has 0 aromatic heterocycles. The van der Waals surface area contributed by atoms with Crippen LogP contribution in [0.4, 0.5) is 11.4 Å². The second-order valence-corrected chi connectivity index (χ2v) is 11.1. The second-order valence-electron chi connectivity index (χ2n) is 9.66. The van der Waals surface area contributed by atoms with Crippen molar-refractivity contribution in [2.45, 2.75) is 4.90 Å². The van der Waals surface area contributed by atoms with Crippen molar-refractivity contribution in [3.63, 3.8) is 0 Å². The summed E-state index contributed by atoms with van der Waals surface area (Å²) in [5, 5.41) is 17.5. The van der Waals surface area contributed by atoms with Gasteiger partial charge in [-0.05, 0) is 72.3 Å². The van der Waals surface area contributed by atoms with Gasteiger partial charge >= 0.3 is 5.97 Å². The number of hydrogen-bond acceptors (Lipinski definition) is 8. The Hall–Kier alpha value is -5.46. The topological polar surface area (TPSA) is 152 Å². The van der Waals surface area contributed by atoms with Gasteiger partial charge in [0.15, 0.2) is 11.5 Å². The van der Waals surface area contributed by atoms with Crippen LogP contribution in [0.3, 0.4) is 0 Å². The van der Waals surface area contributed by atoms with E-state index < -0.39 is 17.8 Å². The number of ether oxygens (including phenoxy) is 3. The number of rotatable bonds is 13. The van der Waals surface area contributed by atoms with Crippen molar-refractivity contribution in [2.24, 2.45) is 0 Å². The van der Waals surface area contributed by atoms with E-state index in [-0.39, 0.29) is 27.9 Å². The number of thioether (sulfide) groups is 1. The Kier molecular flexibility index (Phi) is 11.9. The van der Waals surface area contributed by atoms with Crippen LogP contribution in [0.25, 0.3) is 6.08 Å². The Morgan fingerprint density at radius 1 is 0.809 bits per heavy atom. The van der Waals surface area contributed by atoms with Gasteiger partial charge < -0.3 is 35.3 Å². The lowest BCUT2D eigenvalue weighted by atomic mass is 10.1. The number of halogens is 1. The molecule has 0 spiro atoms. The van der Waals surface area contributed by atoms with E-state index in [1.807, 2.05) is 0 Å². The van der Waals surface area contributed by atoms with E-state index in [4.69, 9.17) is 25.8 Å². The van der Waals surface area contributed by atoms with Crippen LogP contribution in [-0.4, -0.2) is 55.9 Å². The molecular formula is C34H30ClN3O8S. The first kappa shape index (κ1) is 34.4. The van der Waals surface area contributed by atoms with Crippen LogP contribution in [-0.2, 0) is 9.59 Å². The minimum absolute atomic E-state index is 0.00184. The molecule has 0 saturated heterocycles. The largest absolute Gasteiger partial charge is 0.493 e. The molecule has 0 fully saturated rings. The normalized spacial score (nSPS) is 10.9. The van der Waals surface area contributed by atoms with E-state index in [0.29, 0.717) is 44.6 Å². The number of methoxy groups -OCH3 is 3. The summed E-state index contributed by atoms with van der Waals surface area (Å²) in [6.07, 6.45) is 1.48. The van der Waals surface area contributed by atoms with Crippen LogP contribution in [0.1, 0.15) is 26.3 Å². The molecule has 11 nitrogen and oxygen atoms in total. The molecule has 0 heterocycles. The van der Waals surface area contributed by atoms with Crippen molar-refractivity contribution in [1.29, 1.82) is 0 Å². The maximum absolute atomic E-state index is 13.6. The Morgan fingerprint density at radius 2 is 1.49 bits per heavy atom. The molecule has 0 aliphatic rings. The van der Waals surface area contributed by atoms with Crippen LogP contribution in [0.2, 0.25) is 5.02 Å². The monoisotopic (exact) mass is 675 g/mol. The number of carboxylic acid groups (broad SMARTS) is 1. The van der Waals surface area contributed by atoms with E-state index in [0.717, 1.165) is 0 Å². The van der Waals surface area contributed by atoms with Gasteiger partial charge in [-0.1, -0.05) is 35.9 Å².